The van der Waals surface area contributed by atoms with E-state index in [1.165, 1.54) is 0 Å². The minimum absolute atomic E-state index is 0.158. The van der Waals surface area contributed by atoms with Crippen LogP contribution >= 0.6 is 0 Å². The molecule has 0 saturated carbocycles. The summed E-state index contributed by atoms with van der Waals surface area (Å²) >= 11 is 0. The molecule has 5 nitrogen and oxygen atoms in total. The van der Waals surface area contributed by atoms with E-state index in [1.807, 2.05) is 13.8 Å². The largest absolute Gasteiger partial charge is 0.480 e. The Balaban J connectivity index is 4.46. The van der Waals surface area contributed by atoms with Crippen molar-refractivity contribution < 1.29 is 14.6 Å². The Morgan fingerprint density at radius 1 is 1.33 bits per heavy atom. The van der Waals surface area contributed by atoms with Crippen LogP contribution < -0.4 is 5.32 Å². The lowest BCUT2D eigenvalue weighted by molar-refractivity contribution is -0.144. The van der Waals surface area contributed by atoms with E-state index in [0.717, 1.165) is 25.9 Å². The van der Waals surface area contributed by atoms with Crippen LogP contribution in [0.2, 0.25) is 0 Å². The molecular formula is C16H34N2O3. The number of hydrogen-bond donors (Lipinski definition) is 2. The van der Waals surface area contributed by atoms with Crippen molar-refractivity contribution in [3.05, 3.63) is 0 Å². The highest BCUT2D eigenvalue weighted by atomic mass is 16.5. The van der Waals surface area contributed by atoms with E-state index in [4.69, 9.17) is 4.74 Å². The molecule has 21 heavy (non-hydrogen) atoms. The molecule has 2 N–H and O–H groups in total. The van der Waals surface area contributed by atoms with Gasteiger partial charge in [0.05, 0.1) is 6.61 Å². The molecule has 0 rings (SSSR count). The molecule has 0 radical (unpaired) electrons. The first kappa shape index (κ1) is 20.3. The van der Waals surface area contributed by atoms with Crippen molar-refractivity contribution in [2.75, 3.05) is 26.8 Å². The zero-order valence-electron chi connectivity index (χ0n) is 14.6. The van der Waals surface area contributed by atoms with Crippen LogP contribution in [-0.4, -0.2) is 60.4 Å². The number of methoxy groups -OCH3 is 1. The number of carboxylic acids is 1. The molecular weight excluding hydrogens is 268 g/mol. The van der Waals surface area contributed by atoms with Gasteiger partial charge in [0.1, 0.15) is 5.54 Å². The van der Waals surface area contributed by atoms with Gasteiger partial charge in [0.25, 0.3) is 0 Å². The third kappa shape index (κ3) is 7.79. The normalized spacial score (nSPS) is 16.2. The maximum atomic E-state index is 11.5. The van der Waals surface area contributed by atoms with E-state index < -0.39 is 11.5 Å². The number of ether oxygens (including phenoxy) is 1. The topological polar surface area (TPSA) is 61.8 Å². The minimum Gasteiger partial charge on any atom is -0.480 e. The highest BCUT2D eigenvalue weighted by Gasteiger charge is 2.33. The summed E-state index contributed by atoms with van der Waals surface area (Å²) < 4.78 is 5.16. The zero-order chi connectivity index (χ0) is 16.5. The van der Waals surface area contributed by atoms with Gasteiger partial charge in [0.15, 0.2) is 0 Å². The van der Waals surface area contributed by atoms with Crippen molar-refractivity contribution in [1.82, 2.24) is 10.2 Å². The molecule has 0 amide bonds. The summed E-state index contributed by atoms with van der Waals surface area (Å²) in [7, 11) is 1.71. The molecule has 0 heterocycles. The molecule has 0 aromatic heterocycles. The van der Waals surface area contributed by atoms with Crippen LogP contribution in [0.15, 0.2) is 0 Å². The Kier molecular flexibility index (Phi) is 9.83. The van der Waals surface area contributed by atoms with E-state index in [-0.39, 0.29) is 6.04 Å². The van der Waals surface area contributed by atoms with Gasteiger partial charge in [0.2, 0.25) is 0 Å². The molecule has 0 spiro atoms. The van der Waals surface area contributed by atoms with Gasteiger partial charge in [-0.2, -0.15) is 0 Å². The summed E-state index contributed by atoms with van der Waals surface area (Å²) in [6.45, 7) is 12.6. The van der Waals surface area contributed by atoms with Crippen LogP contribution in [-0.2, 0) is 9.53 Å². The number of hydrogen-bond acceptors (Lipinski definition) is 4. The quantitative estimate of drug-likeness (QED) is 0.579. The average molecular weight is 302 g/mol. The van der Waals surface area contributed by atoms with Crippen LogP contribution in [0.25, 0.3) is 0 Å². The molecule has 0 saturated heterocycles. The first-order valence-electron chi connectivity index (χ1n) is 8.00. The zero-order valence-corrected chi connectivity index (χ0v) is 14.6. The number of nitrogens with one attached hydrogen (secondary N) is 1. The van der Waals surface area contributed by atoms with Gasteiger partial charge >= 0.3 is 5.97 Å². The lowest BCUT2D eigenvalue weighted by atomic mass is 9.94. The monoisotopic (exact) mass is 302 g/mol. The van der Waals surface area contributed by atoms with Crippen LogP contribution in [0.3, 0.4) is 0 Å². The molecule has 2 unspecified atom stereocenters. The third-order valence-corrected chi connectivity index (χ3v) is 4.00. The van der Waals surface area contributed by atoms with Gasteiger partial charge in [-0.25, -0.2) is 0 Å². The molecule has 0 fully saturated rings. The number of carboxylic acid groups (broad SMARTS) is 1. The predicted molar refractivity (Wildman–Crippen MR) is 86.7 cm³/mol. The molecule has 0 bridgehead atoms. The van der Waals surface area contributed by atoms with Gasteiger partial charge in [-0.05, 0) is 53.5 Å². The van der Waals surface area contributed by atoms with E-state index in [2.05, 4.69) is 24.1 Å². The van der Waals surface area contributed by atoms with Crippen LogP contribution in [0.4, 0.5) is 0 Å². The fourth-order valence-corrected chi connectivity index (χ4v) is 2.53. The molecule has 0 aliphatic rings. The molecule has 0 aliphatic carbocycles. The number of rotatable bonds is 12. The molecule has 0 aromatic rings. The first-order chi connectivity index (χ1) is 9.76. The SMILES string of the molecule is CCC(C)N(CCCC(C)(NC(C)C)C(=O)O)CCOC. The van der Waals surface area contributed by atoms with E-state index >= 15 is 0 Å². The summed E-state index contributed by atoms with van der Waals surface area (Å²) in [6.07, 6.45) is 2.57. The number of aliphatic carboxylic acids is 1. The molecule has 5 heteroatoms. The summed E-state index contributed by atoms with van der Waals surface area (Å²) in [6, 6.07) is 0.652. The van der Waals surface area contributed by atoms with Gasteiger partial charge < -0.3 is 9.84 Å². The lowest BCUT2D eigenvalue weighted by Crippen LogP contribution is -2.52. The standard InChI is InChI=1S/C16H34N2O3/c1-7-14(4)18(11-12-21-6)10-8-9-16(5,15(19)20)17-13(2)3/h13-14,17H,7-12H2,1-6H3,(H,19,20). The second-order valence-corrected chi connectivity index (χ2v) is 6.33. The van der Waals surface area contributed by atoms with E-state index in [0.29, 0.717) is 19.1 Å². The fraction of sp³-hybridized carbons (Fsp3) is 0.938. The lowest BCUT2D eigenvalue weighted by Gasteiger charge is -2.32. The fourth-order valence-electron chi connectivity index (χ4n) is 2.53. The summed E-state index contributed by atoms with van der Waals surface area (Å²) in [5.41, 5.74) is -0.851. The van der Waals surface area contributed by atoms with Crippen LogP contribution in [0.1, 0.15) is 53.9 Å². The molecule has 126 valence electrons. The van der Waals surface area contributed by atoms with Crippen molar-refractivity contribution >= 4 is 5.97 Å². The highest BCUT2D eigenvalue weighted by molar-refractivity contribution is 5.78. The highest BCUT2D eigenvalue weighted by Crippen LogP contribution is 2.15. The average Bonchev–Trinajstić information content (AvgIpc) is 2.40. The Morgan fingerprint density at radius 3 is 2.38 bits per heavy atom. The molecule has 0 aliphatic heterocycles. The Morgan fingerprint density at radius 2 is 1.95 bits per heavy atom. The second-order valence-electron chi connectivity index (χ2n) is 6.33. The Bertz CT molecular complexity index is 297. The van der Waals surface area contributed by atoms with Crippen molar-refractivity contribution in [2.24, 2.45) is 0 Å². The molecule has 0 aromatic carbocycles. The molecule has 2 atom stereocenters. The van der Waals surface area contributed by atoms with Crippen molar-refractivity contribution in [1.29, 1.82) is 0 Å². The summed E-state index contributed by atoms with van der Waals surface area (Å²) in [5, 5.41) is 12.6. The van der Waals surface area contributed by atoms with Crippen LogP contribution in [0.5, 0.6) is 0 Å². The summed E-state index contributed by atoms with van der Waals surface area (Å²) in [5.74, 6) is -0.775. The minimum atomic E-state index is -0.851. The van der Waals surface area contributed by atoms with Gasteiger partial charge in [0, 0.05) is 25.7 Å². The van der Waals surface area contributed by atoms with Crippen molar-refractivity contribution in [3.8, 4) is 0 Å². The predicted octanol–water partition coefficient (Wildman–Crippen LogP) is 2.35. The first-order valence-corrected chi connectivity index (χ1v) is 8.00. The third-order valence-electron chi connectivity index (χ3n) is 4.00. The number of carbonyl (C=O) groups is 1. The maximum Gasteiger partial charge on any atom is 0.323 e. The van der Waals surface area contributed by atoms with Gasteiger partial charge in [-0.1, -0.05) is 6.92 Å². The Labute approximate surface area is 130 Å². The number of nitrogens with zero attached hydrogens (tertiary/aromatic N) is 1. The van der Waals surface area contributed by atoms with Gasteiger partial charge in [-0.3, -0.25) is 15.0 Å². The van der Waals surface area contributed by atoms with E-state index in [1.54, 1.807) is 14.0 Å². The summed E-state index contributed by atoms with van der Waals surface area (Å²) in [4.78, 5) is 13.9. The van der Waals surface area contributed by atoms with Crippen LogP contribution in [0, 0.1) is 0 Å². The second kappa shape index (κ2) is 10.1. The maximum absolute atomic E-state index is 11.5. The van der Waals surface area contributed by atoms with Crippen molar-refractivity contribution in [2.45, 2.75) is 71.5 Å². The smallest absolute Gasteiger partial charge is 0.323 e. The van der Waals surface area contributed by atoms with E-state index in [9.17, 15) is 9.90 Å². The van der Waals surface area contributed by atoms with Gasteiger partial charge in [-0.15, -0.1) is 0 Å². The Hall–Kier alpha value is -0.650. The van der Waals surface area contributed by atoms with Crippen molar-refractivity contribution in [3.63, 3.8) is 0 Å².